The molecule has 0 radical (unpaired) electrons. The van der Waals surface area contributed by atoms with Crippen molar-refractivity contribution in [2.45, 2.75) is 90.9 Å². The number of hydrogen-bond donors (Lipinski definition) is 1. The lowest BCUT2D eigenvalue weighted by Crippen LogP contribution is -2.07. The van der Waals surface area contributed by atoms with E-state index < -0.39 is 0 Å². The molecule has 0 spiro atoms. The normalized spacial score (nSPS) is 13.8. The summed E-state index contributed by atoms with van der Waals surface area (Å²) in [7, 11) is 0. The van der Waals surface area contributed by atoms with Crippen molar-refractivity contribution in [3.63, 3.8) is 0 Å². The van der Waals surface area contributed by atoms with E-state index in [1.54, 1.807) is 6.92 Å². The third-order valence-corrected chi connectivity index (χ3v) is 8.42. The Hall–Kier alpha value is -3.17. The van der Waals surface area contributed by atoms with Gasteiger partial charge in [0, 0.05) is 12.2 Å². The van der Waals surface area contributed by atoms with Crippen molar-refractivity contribution in [1.29, 1.82) is 0 Å². The Morgan fingerprint density at radius 1 is 0.875 bits per heavy atom. The van der Waals surface area contributed by atoms with Crippen molar-refractivity contribution in [3.05, 3.63) is 94.6 Å². The van der Waals surface area contributed by atoms with E-state index in [1.165, 1.54) is 82.2 Å². The molecule has 3 aromatic carbocycles. The van der Waals surface area contributed by atoms with Gasteiger partial charge in [-0.2, -0.15) is 0 Å². The maximum absolute atomic E-state index is 11.8. The Bertz CT molecular complexity index is 1310. The van der Waals surface area contributed by atoms with Gasteiger partial charge < -0.3 is 9.84 Å². The third kappa shape index (κ3) is 7.52. The van der Waals surface area contributed by atoms with E-state index in [4.69, 9.17) is 4.74 Å². The second-order valence-corrected chi connectivity index (χ2v) is 11.5. The number of carbonyl (C=O) groups excluding carboxylic acids is 1. The van der Waals surface area contributed by atoms with Gasteiger partial charge in [0.25, 0.3) is 0 Å². The molecule has 0 heterocycles. The molecule has 1 fully saturated rings. The van der Waals surface area contributed by atoms with Gasteiger partial charge in [-0.25, -0.2) is 4.79 Å². The lowest BCUT2D eigenvalue weighted by atomic mass is 9.82. The standard InChI is InChI=1S/C37H46O3/c1-5-28-24-33(35-19-17-32(23-27(35)4)29-11-7-6-8-12-29)18-20-36(28)34-16-15-30(13-9-21-38)31(25-34)14-10-22-40-37(39)26(2)3/h15-20,23-25,29,38H,2,5-14,21-22H2,1,3-4H3. The average Bonchev–Trinajstić information content (AvgIpc) is 2.98. The fraction of sp³-hybridized carbons (Fsp3) is 0.432. The summed E-state index contributed by atoms with van der Waals surface area (Å²) in [6.45, 7) is 10.4. The monoisotopic (exact) mass is 538 g/mol. The molecule has 3 heteroatoms. The lowest BCUT2D eigenvalue weighted by Gasteiger charge is -2.23. The number of ether oxygens (including phenoxy) is 1. The number of esters is 1. The largest absolute Gasteiger partial charge is 0.462 e. The number of aryl methyl sites for hydroxylation is 4. The molecule has 0 aliphatic heterocycles. The van der Waals surface area contributed by atoms with E-state index >= 15 is 0 Å². The van der Waals surface area contributed by atoms with Crippen molar-refractivity contribution < 1.29 is 14.6 Å². The topological polar surface area (TPSA) is 46.5 Å². The molecule has 4 rings (SSSR count). The number of aliphatic hydroxyl groups excluding tert-OH is 1. The molecule has 1 aliphatic carbocycles. The van der Waals surface area contributed by atoms with Crippen LogP contribution in [0.2, 0.25) is 0 Å². The molecule has 40 heavy (non-hydrogen) atoms. The summed E-state index contributed by atoms with van der Waals surface area (Å²) >= 11 is 0. The first-order chi connectivity index (χ1) is 19.4. The maximum Gasteiger partial charge on any atom is 0.333 e. The van der Waals surface area contributed by atoms with Crippen LogP contribution in [-0.2, 0) is 28.8 Å². The van der Waals surface area contributed by atoms with Gasteiger partial charge in [0.15, 0.2) is 0 Å². The van der Waals surface area contributed by atoms with Crippen LogP contribution in [0.4, 0.5) is 0 Å². The Balaban J connectivity index is 1.57. The molecule has 3 nitrogen and oxygen atoms in total. The van der Waals surface area contributed by atoms with E-state index in [0.29, 0.717) is 12.2 Å². The highest BCUT2D eigenvalue weighted by Crippen LogP contribution is 2.36. The lowest BCUT2D eigenvalue weighted by molar-refractivity contribution is -0.139. The Morgan fingerprint density at radius 2 is 1.55 bits per heavy atom. The highest BCUT2D eigenvalue weighted by atomic mass is 16.5. The Morgan fingerprint density at radius 3 is 2.25 bits per heavy atom. The molecule has 0 atom stereocenters. The van der Waals surface area contributed by atoms with Crippen LogP contribution in [-0.4, -0.2) is 24.3 Å². The van der Waals surface area contributed by atoms with Gasteiger partial charge in [-0.05, 0) is 115 Å². The number of hydrogen-bond acceptors (Lipinski definition) is 3. The first-order valence-corrected chi connectivity index (χ1v) is 15.2. The van der Waals surface area contributed by atoms with Gasteiger partial charge in [0.05, 0.1) is 6.61 Å². The molecule has 0 aromatic heterocycles. The summed E-state index contributed by atoms with van der Waals surface area (Å²) < 4.78 is 5.33. The van der Waals surface area contributed by atoms with Crippen molar-refractivity contribution >= 4 is 5.97 Å². The molecule has 3 aromatic rings. The van der Waals surface area contributed by atoms with E-state index in [2.05, 4.69) is 75.0 Å². The maximum atomic E-state index is 11.8. The molecule has 0 saturated heterocycles. The van der Waals surface area contributed by atoms with Gasteiger partial charge in [0.2, 0.25) is 0 Å². The Labute approximate surface area is 241 Å². The van der Waals surface area contributed by atoms with Gasteiger partial charge in [-0.15, -0.1) is 0 Å². The summed E-state index contributed by atoms with van der Waals surface area (Å²) in [5.41, 5.74) is 12.3. The third-order valence-electron chi connectivity index (χ3n) is 8.42. The second kappa shape index (κ2) is 14.5. The van der Waals surface area contributed by atoms with Gasteiger partial charge in [0.1, 0.15) is 0 Å². The quantitative estimate of drug-likeness (QED) is 0.142. The van der Waals surface area contributed by atoms with E-state index in [1.807, 2.05) is 0 Å². The molecular weight excluding hydrogens is 492 g/mol. The predicted octanol–water partition coefficient (Wildman–Crippen LogP) is 8.92. The minimum absolute atomic E-state index is 0.180. The minimum Gasteiger partial charge on any atom is -0.462 e. The van der Waals surface area contributed by atoms with Crippen LogP contribution < -0.4 is 0 Å². The molecule has 1 saturated carbocycles. The van der Waals surface area contributed by atoms with Crippen LogP contribution in [0.3, 0.4) is 0 Å². The van der Waals surface area contributed by atoms with Crippen molar-refractivity contribution in [3.8, 4) is 22.3 Å². The average molecular weight is 539 g/mol. The van der Waals surface area contributed by atoms with Crippen LogP contribution in [0, 0.1) is 6.92 Å². The first kappa shape index (κ1) is 29.8. The zero-order valence-electron chi connectivity index (χ0n) is 24.7. The zero-order chi connectivity index (χ0) is 28.5. The van der Waals surface area contributed by atoms with Crippen molar-refractivity contribution in [1.82, 2.24) is 0 Å². The molecular formula is C37H46O3. The highest BCUT2D eigenvalue weighted by Gasteiger charge is 2.17. The van der Waals surface area contributed by atoms with Crippen molar-refractivity contribution in [2.24, 2.45) is 0 Å². The number of rotatable bonds is 12. The molecule has 0 bridgehead atoms. The molecule has 0 unspecified atom stereocenters. The van der Waals surface area contributed by atoms with E-state index in [9.17, 15) is 9.90 Å². The number of aliphatic hydroxyl groups is 1. The summed E-state index contributed by atoms with van der Waals surface area (Å²) in [6.07, 6.45) is 10.9. The van der Waals surface area contributed by atoms with Crippen LogP contribution in [0.1, 0.15) is 92.5 Å². The summed E-state index contributed by atoms with van der Waals surface area (Å²) in [6, 6.07) is 20.8. The minimum atomic E-state index is -0.333. The van der Waals surface area contributed by atoms with Crippen LogP contribution in [0.5, 0.6) is 0 Å². The second-order valence-electron chi connectivity index (χ2n) is 11.5. The molecule has 0 amide bonds. The van der Waals surface area contributed by atoms with Gasteiger partial charge >= 0.3 is 5.97 Å². The SMILES string of the molecule is C=C(C)C(=O)OCCCc1cc(-c2ccc(-c3ccc(C4CCCCC4)cc3C)cc2CC)ccc1CCCO. The summed E-state index contributed by atoms with van der Waals surface area (Å²) in [4.78, 5) is 11.8. The fourth-order valence-corrected chi connectivity index (χ4v) is 6.13. The van der Waals surface area contributed by atoms with Crippen LogP contribution in [0.25, 0.3) is 22.3 Å². The van der Waals surface area contributed by atoms with Gasteiger partial charge in [-0.1, -0.05) is 87.4 Å². The fourth-order valence-electron chi connectivity index (χ4n) is 6.13. The number of carbonyl (C=O) groups is 1. The number of benzene rings is 3. The van der Waals surface area contributed by atoms with Crippen molar-refractivity contribution in [2.75, 3.05) is 13.2 Å². The Kier molecular flexibility index (Phi) is 10.8. The molecule has 1 aliphatic rings. The van der Waals surface area contributed by atoms with Gasteiger partial charge in [-0.3, -0.25) is 0 Å². The highest BCUT2D eigenvalue weighted by molar-refractivity contribution is 5.86. The summed E-state index contributed by atoms with van der Waals surface area (Å²) in [5.74, 6) is 0.392. The molecule has 212 valence electrons. The smallest absolute Gasteiger partial charge is 0.333 e. The van der Waals surface area contributed by atoms with E-state index in [0.717, 1.165) is 38.0 Å². The van der Waals surface area contributed by atoms with E-state index in [-0.39, 0.29) is 12.6 Å². The first-order valence-electron chi connectivity index (χ1n) is 15.2. The summed E-state index contributed by atoms with van der Waals surface area (Å²) in [5, 5.41) is 9.40. The van der Waals surface area contributed by atoms with Crippen LogP contribution in [0.15, 0.2) is 66.7 Å². The zero-order valence-corrected chi connectivity index (χ0v) is 24.7. The predicted molar refractivity (Wildman–Crippen MR) is 167 cm³/mol. The van der Waals surface area contributed by atoms with Crippen LogP contribution >= 0.6 is 0 Å². The molecule has 1 N–H and O–H groups in total.